The molecule has 1 heterocycles. The fourth-order valence-corrected chi connectivity index (χ4v) is 7.76. The second kappa shape index (κ2) is 14.8. The summed E-state index contributed by atoms with van der Waals surface area (Å²) in [6, 6.07) is 13.1. The third-order valence-electron chi connectivity index (χ3n) is 8.42. The van der Waals surface area contributed by atoms with E-state index in [9.17, 15) is 29.0 Å². The number of fused-ring (bicyclic) bond motifs is 1. The maximum atomic E-state index is 13.6. The van der Waals surface area contributed by atoms with E-state index >= 15 is 0 Å². The van der Waals surface area contributed by atoms with Crippen molar-refractivity contribution in [1.29, 1.82) is 0 Å². The summed E-state index contributed by atoms with van der Waals surface area (Å²) < 4.78 is 16.2. The van der Waals surface area contributed by atoms with Crippen LogP contribution in [0.4, 0.5) is 0 Å². The van der Waals surface area contributed by atoms with Crippen LogP contribution in [0, 0.1) is 18.8 Å². The van der Waals surface area contributed by atoms with Crippen molar-refractivity contribution in [3.8, 4) is 5.75 Å². The van der Waals surface area contributed by atoms with Crippen LogP contribution in [-0.2, 0) is 9.36 Å². The number of aliphatic hydroxyl groups is 1. The molecule has 0 aromatic heterocycles. The fourth-order valence-electron chi connectivity index (χ4n) is 6.28. The van der Waals surface area contributed by atoms with Crippen LogP contribution in [0.15, 0.2) is 53.4 Å². The molecule has 0 spiro atoms. The van der Waals surface area contributed by atoms with Gasteiger partial charge in [-0.05, 0) is 76.6 Å². The number of nitrogens with zero attached hydrogens (tertiary/aromatic N) is 1. The monoisotopic (exact) mass is 647 g/mol. The Kier molecular flexibility index (Phi) is 11.6. The van der Waals surface area contributed by atoms with E-state index in [1.54, 1.807) is 13.0 Å². The Morgan fingerprint density at radius 3 is 2.41 bits per heavy atom. The highest BCUT2D eigenvalue weighted by atomic mass is 32.2. The molecule has 1 aliphatic heterocycles. The van der Waals surface area contributed by atoms with E-state index in [2.05, 4.69) is 15.5 Å². The van der Waals surface area contributed by atoms with Crippen LogP contribution in [0.2, 0.25) is 0 Å². The Balaban J connectivity index is 1.56. The molecule has 4 rings (SSSR count). The first-order valence-corrected chi connectivity index (χ1v) is 17.8. The molecule has 0 bridgehead atoms. The van der Waals surface area contributed by atoms with Gasteiger partial charge in [-0.15, -0.1) is 11.8 Å². The maximum absolute atomic E-state index is 13.6. The molecule has 44 heavy (non-hydrogen) atoms. The zero-order chi connectivity index (χ0) is 32.1. The Bertz CT molecular complexity index is 1330. The highest BCUT2D eigenvalue weighted by Crippen LogP contribution is 2.40. The number of carbonyl (C=O) groups is 2. The average Bonchev–Trinajstić information content (AvgIpc) is 2.94. The van der Waals surface area contributed by atoms with Gasteiger partial charge in [0, 0.05) is 40.4 Å². The summed E-state index contributed by atoms with van der Waals surface area (Å²) >= 11 is 1.50. The number of likely N-dealkylation sites (tertiary alicyclic amines) is 1. The van der Waals surface area contributed by atoms with E-state index in [-0.39, 0.29) is 40.9 Å². The number of aliphatic hydroxyl groups excluding tert-OH is 1. The van der Waals surface area contributed by atoms with Crippen molar-refractivity contribution in [3.05, 3.63) is 59.7 Å². The minimum absolute atomic E-state index is 0.0366. The smallest absolute Gasteiger partial charge is 0.404 e. The molecule has 2 aromatic rings. The Morgan fingerprint density at radius 2 is 1.75 bits per heavy atom. The van der Waals surface area contributed by atoms with Crippen LogP contribution in [0.25, 0.3) is 0 Å². The highest BCUT2D eigenvalue weighted by Gasteiger charge is 2.42. The summed E-state index contributed by atoms with van der Waals surface area (Å²) in [7, 11) is -4.82. The van der Waals surface area contributed by atoms with Crippen LogP contribution < -0.4 is 15.2 Å². The molecule has 5 N–H and O–H groups in total. The number of β-amino-alcohol motifs (C(OH)–C–C–N with tert-alkyl or cyclic N) is 1. The molecule has 2 amide bonds. The summed E-state index contributed by atoms with van der Waals surface area (Å²) in [5.74, 6) is 0.705. The Morgan fingerprint density at radius 1 is 1.07 bits per heavy atom. The highest BCUT2D eigenvalue weighted by molar-refractivity contribution is 7.99. The molecule has 5 atom stereocenters. The minimum atomic E-state index is -4.82. The first-order valence-electron chi connectivity index (χ1n) is 15.3. The lowest BCUT2D eigenvalue weighted by Crippen LogP contribution is -2.60. The van der Waals surface area contributed by atoms with Gasteiger partial charge in [0.25, 0.3) is 5.91 Å². The SMILES string of the molecule is Cc1c(OP(=O)(O)O)cccc1C(=O)N[C@@H](CSc1ccccc1)[C@H](O)CN1C[C@H]2CCCC[C@H]2C[C@H]1C(=O)NC(C)(C)C. The largest absolute Gasteiger partial charge is 0.524 e. The molecule has 1 saturated carbocycles. The van der Waals surface area contributed by atoms with Crippen molar-refractivity contribution in [2.24, 2.45) is 11.8 Å². The van der Waals surface area contributed by atoms with Crippen molar-refractivity contribution in [2.75, 3.05) is 18.8 Å². The molecule has 242 valence electrons. The van der Waals surface area contributed by atoms with E-state index in [1.807, 2.05) is 51.1 Å². The molecule has 2 aliphatic rings. The van der Waals surface area contributed by atoms with Gasteiger partial charge in [0.2, 0.25) is 5.91 Å². The van der Waals surface area contributed by atoms with Crippen LogP contribution >= 0.6 is 19.6 Å². The zero-order valence-corrected chi connectivity index (χ0v) is 27.7. The lowest BCUT2D eigenvalue weighted by molar-refractivity contribution is -0.132. The summed E-state index contributed by atoms with van der Waals surface area (Å²) in [6.07, 6.45) is 4.35. The minimum Gasteiger partial charge on any atom is -0.404 e. The quantitative estimate of drug-likeness (QED) is 0.175. The van der Waals surface area contributed by atoms with Gasteiger partial charge in [-0.2, -0.15) is 0 Å². The van der Waals surface area contributed by atoms with Crippen LogP contribution in [0.5, 0.6) is 5.75 Å². The maximum Gasteiger partial charge on any atom is 0.524 e. The lowest BCUT2D eigenvalue weighted by Gasteiger charge is -2.47. The summed E-state index contributed by atoms with van der Waals surface area (Å²) in [4.78, 5) is 48.7. The van der Waals surface area contributed by atoms with E-state index in [1.165, 1.54) is 36.7 Å². The van der Waals surface area contributed by atoms with Gasteiger partial charge in [0.1, 0.15) is 5.75 Å². The number of phosphoric acid groups is 1. The number of thioether (sulfide) groups is 1. The van der Waals surface area contributed by atoms with E-state index < -0.39 is 25.9 Å². The third-order valence-corrected chi connectivity index (χ3v) is 9.99. The van der Waals surface area contributed by atoms with Gasteiger partial charge < -0.3 is 20.3 Å². The molecule has 1 aliphatic carbocycles. The van der Waals surface area contributed by atoms with Crippen LogP contribution in [0.1, 0.15) is 68.8 Å². The first kappa shape index (κ1) is 34.5. The van der Waals surface area contributed by atoms with E-state index in [0.29, 0.717) is 17.6 Å². The van der Waals surface area contributed by atoms with Gasteiger partial charge in [-0.3, -0.25) is 24.3 Å². The van der Waals surface area contributed by atoms with Gasteiger partial charge >= 0.3 is 7.82 Å². The predicted octanol–water partition coefficient (Wildman–Crippen LogP) is 4.51. The Labute approximate surface area is 264 Å². The number of carbonyl (C=O) groups excluding carboxylic acids is 2. The standard InChI is InChI=1S/C32H46N3O7PS/c1-21-25(15-10-16-29(21)42-43(39,40)41)30(37)33-26(20-44-24-13-6-5-7-14-24)28(36)19-35-18-23-12-9-8-11-22(23)17-27(35)31(38)34-32(2,3)4/h5-7,10,13-16,22-23,26-28,36H,8-9,11-12,17-20H2,1-4H3,(H,33,37)(H,34,38)(H2,39,40,41)/t22-,23+,26-,27-,28+/m0/s1. The number of hydrogen-bond donors (Lipinski definition) is 5. The average molecular weight is 648 g/mol. The number of nitrogens with one attached hydrogen (secondary N) is 2. The second-order valence-electron chi connectivity index (χ2n) is 13.0. The summed E-state index contributed by atoms with van der Waals surface area (Å²) in [5.41, 5.74) is 0.0719. The van der Waals surface area contributed by atoms with Crippen molar-refractivity contribution in [2.45, 2.75) is 88.4 Å². The summed E-state index contributed by atoms with van der Waals surface area (Å²) in [5, 5.41) is 17.8. The van der Waals surface area contributed by atoms with E-state index in [4.69, 9.17) is 4.52 Å². The number of benzene rings is 2. The zero-order valence-electron chi connectivity index (χ0n) is 25.9. The third kappa shape index (κ3) is 9.80. The van der Waals surface area contributed by atoms with Crippen molar-refractivity contribution in [3.63, 3.8) is 0 Å². The molecule has 0 unspecified atom stereocenters. The predicted molar refractivity (Wildman–Crippen MR) is 172 cm³/mol. The van der Waals surface area contributed by atoms with Crippen molar-refractivity contribution in [1.82, 2.24) is 15.5 Å². The van der Waals surface area contributed by atoms with Gasteiger partial charge in [-0.1, -0.05) is 43.5 Å². The topological polar surface area (TPSA) is 148 Å². The van der Waals surface area contributed by atoms with Crippen LogP contribution in [-0.4, -0.2) is 74.2 Å². The second-order valence-corrected chi connectivity index (χ2v) is 15.3. The van der Waals surface area contributed by atoms with Gasteiger partial charge in [0.05, 0.1) is 18.2 Å². The molecule has 2 fully saturated rings. The normalized spacial score (nSPS) is 22.4. The van der Waals surface area contributed by atoms with Gasteiger partial charge in [-0.25, -0.2) is 4.57 Å². The molecule has 1 saturated heterocycles. The van der Waals surface area contributed by atoms with Crippen LogP contribution in [0.3, 0.4) is 0 Å². The first-order chi connectivity index (χ1) is 20.7. The lowest BCUT2D eigenvalue weighted by atomic mass is 9.72. The molecule has 10 nitrogen and oxygen atoms in total. The number of hydrogen-bond acceptors (Lipinski definition) is 7. The number of amides is 2. The summed E-state index contributed by atoms with van der Waals surface area (Å²) in [6.45, 7) is 8.38. The molecule has 12 heteroatoms. The fraction of sp³-hybridized carbons (Fsp3) is 0.562. The Hall–Kier alpha value is -2.40. The number of rotatable bonds is 11. The van der Waals surface area contributed by atoms with Gasteiger partial charge in [0.15, 0.2) is 0 Å². The number of piperidine rings is 1. The van der Waals surface area contributed by atoms with E-state index in [0.717, 1.165) is 30.7 Å². The molecule has 0 radical (unpaired) electrons. The molecular formula is C32H46N3O7PS. The molecule has 2 aromatic carbocycles. The number of phosphoric ester groups is 1. The molecular weight excluding hydrogens is 601 g/mol. The van der Waals surface area contributed by atoms with Crippen molar-refractivity contribution < 1.29 is 33.6 Å². The van der Waals surface area contributed by atoms with Crippen molar-refractivity contribution >= 4 is 31.4 Å².